The van der Waals surface area contributed by atoms with E-state index in [1.54, 1.807) is 12.3 Å². The number of aromatic nitrogens is 3. The van der Waals surface area contributed by atoms with E-state index >= 15 is 0 Å². The van der Waals surface area contributed by atoms with E-state index in [4.69, 9.17) is 6.57 Å². The van der Waals surface area contributed by atoms with Crippen molar-refractivity contribution in [3.8, 4) is 22.5 Å². The van der Waals surface area contributed by atoms with Crippen LogP contribution in [0, 0.1) is 6.57 Å². The molecule has 0 aliphatic carbocycles. The lowest BCUT2D eigenvalue weighted by atomic mass is 10.0. The van der Waals surface area contributed by atoms with Crippen molar-refractivity contribution >= 4 is 49.4 Å². The molecule has 3 heterocycles. The number of fused-ring (bicyclic) bond motifs is 6. The number of para-hydroxylation sites is 3. The van der Waals surface area contributed by atoms with E-state index in [0.717, 1.165) is 28.0 Å². The quantitative estimate of drug-likeness (QED) is 0.217. The first-order chi connectivity index (χ1) is 19.8. The van der Waals surface area contributed by atoms with Crippen molar-refractivity contribution < 1.29 is 0 Å². The minimum atomic E-state index is 0.396. The van der Waals surface area contributed by atoms with Gasteiger partial charge in [0.15, 0.2) is 0 Å². The topological polar surface area (TPSA) is 27.1 Å². The fourth-order valence-corrected chi connectivity index (χ4v) is 6.01. The molecule has 40 heavy (non-hydrogen) atoms. The lowest BCUT2D eigenvalue weighted by Crippen LogP contribution is -1.94. The minimum absolute atomic E-state index is 0.396. The Balaban J connectivity index is 1.36. The van der Waals surface area contributed by atoms with Crippen molar-refractivity contribution in [1.29, 1.82) is 0 Å². The highest BCUT2D eigenvalue weighted by atomic mass is 15.0. The lowest BCUT2D eigenvalue weighted by Gasteiger charge is -2.09. The van der Waals surface area contributed by atoms with Crippen LogP contribution in [0.5, 0.6) is 0 Å². The molecule has 0 amide bonds. The highest BCUT2D eigenvalue weighted by Gasteiger charge is 2.16. The number of benzene rings is 5. The fraction of sp³-hybridized carbons (Fsp3) is 0. The SMILES string of the molecule is [C-]#[N+]c1ccc(-n2c3ccccc3c3ccc(-c4ccc5c(c4)c4ccccc4n5-c4ccccc4)cc32)cn1. The van der Waals surface area contributed by atoms with E-state index in [2.05, 4.69) is 134 Å². The molecule has 4 nitrogen and oxygen atoms in total. The lowest BCUT2D eigenvalue weighted by molar-refractivity contribution is 1.15. The summed E-state index contributed by atoms with van der Waals surface area (Å²) in [7, 11) is 0. The Kier molecular flexibility index (Phi) is 4.85. The summed E-state index contributed by atoms with van der Waals surface area (Å²) >= 11 is 0. The molecule has 8 rings (SSSR count). The maximum Gasteiger partial charge on any atom is 0.269 e. The van der Waals surface area contributed by atoms with Gasteiger partial charge in [-0.3, -0.25) is 0 Å². The first-order valence-corrected chi connectivity index (χ1v) is 13.3. The monoisotopic (exact) mass is 510 g/mol. The van der Waals surface area contributed by atoms with E-state index in [1.807, 2.05) is 6.07 Å². The molecule has 0 aliphatic heterocycles. The standard InChI is InChI=1S/C36H22N4/c1-37-36-20-17-27(23-38-36)40-32-13-7-5-11-28(32)30-18-15-25(22-35(30)40)24-16-19-34-31(21-24)29-12-6-8-14-33(29)39(34)26-9-3-2-4-10-26/h2-23H. The van der Waals surface area contributed by atoms with Crippen LogP contribution < -0.4 is 0 Å². The summed E-state index contributed by atoms with van der Waals surface area (Å²) in [6, 6.07) is 44.9. The maximum absolute atomic E-state index is 7.29. The van der Waals surface area contributed by atoms with E-state index in [0.29, 0.717) is 5.82 Å². The summed E-state index contributed by atoms with van der Waals surface area (Å²) in [5.74, 6) is 0.396. The summed E-state index contributed by atoms with van der Waals surface area (Å²) in [6.45, 7) is 7.29. The van der Waals surface area contributed by atoms with Crippen LogP contribution in [0.2, 0.25) is 0 Å². The first kappa shape index (κ1) is 22.3. The van der Waals surface area contributed by atoms with Gasteiger partial charge in [0, 0.05) is 27.2 Å². The second kappa shape index (κ2) is 8.69. The van der Waals surface area contributed by atoms with Gasteiger partial charge in [0.05, 0.1) is 27.8 Å². The van der Waals surface area contributed by atoms with Gasteiger partial charge < -0.3 is 14.0 Å². The van der Waals surface area contributed by atoms with Crippen LogP contribution in [-0.4, -0.2) is 14.1 Å². The third-order valence-corrected chi connectivity index (χ3v) is 7.80. The van der Waals surface area contributed by atoms with E-state index in [-0.39, 0.29) is 0 Å². The number of pyridine rings is 1. The summed E-state index contributed by atoms with van der Waals surface area (Å²) in [6.07, 6.45) is 1.79. The number of hydrogen-bond acceptors (Lipinski definition) is 1. The molecule has 0 bridgehead atoms. The summed E-state index contributed by atoms with van der Waals surface area (Å²) in [4.78, 5) is 7.83. The maximum atomic E-state index is 7.29. The third-order valence-electron chi connectivity index (χ3n) is 7.80. The van der Waals surface area contributed by atoms with Gasteiger partial charge in [0.25, 0.3) is 5.82 Å². The van der Waals surface area contributed by atoms with Gasteiger partial charge in [0.1, 0.15) is 6.20 Å². The third kappa shape index (κ3) is 3.28. The van der Waals surface area contributed by atoms with Crippen LogP contribution in [0.15, 0.2) is 134 Å². The molecule has 0 atom stereocenters. The van der Waals surface area contributed by atoms with Gasteiger partial charge in [-0.1, -0.05) is 79.4 Å². The van der Waals surface area contributed by atoms with Crippen LogP contribution in [0.1, 0.15) is 0 Å². The molecule has 0 N–H and O–H groups in total. The van der Waals surface area contributed by atoms with Crippen molar-refractivity contribution in [3.63, 3.8) is 0 Å². The minimum Gasteiger partial charge on any atom is -0.361 e. The van der Waals surface area contributed by atoms with Crippen LogP contribution >= 0.6 is 0 Å². The summed E-state index contributed by atoms with van der Waals surface area (Å²) < 4.78 is 4.59. The molecule has 186 valence electrons. The first-order valence-electron chi connectivity index (χ1n) is 13.3. The Bertz CT molecular complexity index is 2260. The molecular weight excluding hydrogens is 488 g/mol. The average molecular weight is 511 g/mol. The Morgan fingerprint density at radius 2 is 1.07 bits per heavy atom. The number of nitrogens with zero attached hydrogens (tertiary/aromatic N) is 4. The van der Waals surface area contributed by atoms with Gasteiger partial charge in [-0.25, -0.2) is 0 Å². The summed E-state index contributed by atoms with van der Waals surface area (Å²) in [5, 5.41) is 4.86. The zero-order valence-electron chi connectivity index (χ0n) is 21.5. The summed E-state index contributed by atoms with van der Waals surface area (Å²) in [5.41, 5.74) is 9.05. The van der Waals surface area contributed by atoms with Crippen molar-refractivity contribution in [3.05, 3.63) is 145 Å². The number of hydrogen-bond donors (Lipinski definition) is 0. The van der Waals surface area contributed by atoms with E-state index in [1.165, 1.54) is 38.1 Å². The van der Waals surface area contributed by atoms with Gasteiger partial charge in [-0.2, -0.15) is 0 Å². The van der Waals surface area contributed by atoms with Crippen LogP contribution in [0.25, 0.3) is 71.0 Å². The van der Waals surface area contributed by atoms with E-state index in [9.17, 15) is 0 Å². The van der Waals surface area contributed by atoms with Gasteiger partial charge >= 0.3 is 0 Å². The molecule has 0 saturated carbocycles. The molecule has 0 saturated heterocycles. The van der Waals surface area contributed by atoms with Crippen molar-refractivity contribution in [2.75, 3.05) is 0 Å². The molecule has 0 radical (unpaired) electrons. The Labute approximate surface area is 230 Å². The smallest absolute Gasteiger partial charge is 0.269 e. The largest absolute Gasteiger partial charge is 0.361 e. The van der Waals surface area contributed by atoms with E-state index < -0.39 is 0 Å². The molecule has 0 spiro atoms. The number of rotatable bonds is 3. The van der Waals surface area contributed by atoms with Gasteiger partial charge in [-0.05, 0) is 65.7 Å². The predicted octanol–water partition coefficient (Wildman–Crippen LogP) is 9.49. The molecule has 3 aromatic heterocycles. The molecule has 0 aliphatic rings. The zero-order chi connectivity index (χ0) is 26.6. The highest BCUT2D eigenvalue weighted by molar-refractivity contribution is 6.12. The van der Waals surface area contributed by atoms with Crippen molar-refractivity contribution in [2.24, 2.45) is 0 Å². The molecule has 0 fully saturated rings. The normalized spacial score (nSPS) is 11.5. The Hall–Kier alpha value is -5.66. The molecule has 8 aromatic rings. The second-order valence-corrected chi connectivity index (χ2v) is 9.99. The highest BCUT2D eigenvalue weighted by Crippen LogP contribution is 2.38. The van der Waals surface area contributed by atoms with Crippen molar-refractivity contribution in [1.82, 2.24) is 14.1 Å². The van der Waals surface area contributed by atoms with Crippen LogP contribution in [0.4, 0.5) is 5.82 Å². The Morgan fingerprint density at radius 1 is 0.475 bits per heavy atom. The van der Waals surface area contributed by atoms with Gasteiger partial charge in [0.2, 0.25) is 0 Å². The average Bonchev–Trinajstić information content (AvgIpc) is 3.53. The molecule has 4 heteroatoms. The van der Waals surface area contributed by atoms with Crippen LogP contribution in [0.3, 0.4) is 0 Å². The van der Waals surface area contributed by atoms with Crippen molar-refractivity contribution in [2.45, 2.75) is 0 Å². The van der Waals surface area contributed by atoms with Crippen LogP contribution in [-0.2, 0) is 0 Å². The second-order valence-electron chi connectivity index (χ2n) is 9.99. The fourth-order valence-electron chi connectivity index (χ4n) is 6.01. The van der Waals surface area contributed by atoms with Gasteiger partial charge in [-0.15, -0.1) is 4.98 Å². The predicted molar refractivity (Wildman–Crippen MR) is 165 cm³/mol. The zero-order valence-corrected chi connectivity index (χ0v) is 21.5. The Morgan fingerprint density at radius 3 is 1.80 bits per heavy atom. The molecule has 5 aromatic carbocycles. The molecule has 0 unspecified atom stereocenters. The molecular formula is C36H22N4.